The summed E-state index contributed by atoms with van der Waals surface area (Å²) in [6, 6.07) is 2.06. The minimum absolute atomic E-state index is 0.469. The molecule has 0 aromatic carbocycles. The summed E-state index contributed by atoms with van der Waals surface area (Å²) in [5.74, 6) is 1.94. The summed E-state index contributed by atoms with van der Waals surface area (Å²) in [5.41, 5.74) is 0.469. The Bertz CT molecular complexity index is 548. The number of hydrogen-bond acceptors (Lipinski definition) is 6. The van der Waals surface area contributed by atoms with Gasteiger partial charge in [0, 0.05) is 44.3 Å². The van der Waals surface area contributed by atoms with E-state index >= 15 is 0 Å². The molecule has 3 fully saturated rings. The molecule has 1 atom stereocenters. The maximum Gasteiger partial charge on any atom is 0.227 e. The first-order chi connectivity index (χ1) is 11.2. The molecule has 1 unspecified atom stereocenters. The summed E-state index contributed by atoms with van der Waals surface area (Å²) >= 11 is 0. The largest absolute Gasteiger partial charge is 0.378 e. The van der Waals surface area contributed by atoms with Crippen molar-refractivity contribution in [2.45, 2.75) is 19.3 Å². The van der Waals surface area contributed by atoms with Crippen molar-refractivity contribution in [1.29, 1.82) is 0 Å². The van der Waals surface area contributed by atoms with Gasteiger partial charge in [-0.2, -0.15) is 4.98 Å². The molecule has 4 heterocycles. The quantitative estimate of drug-likeness (QED) is 0.818. The van der Waals surface area contributed by atoms with E-state index in [2.05, 4.69) is 32.8 Å². The summed E-state index contributed by atoms with van der Waals surface area (Å²) in [7, 11) is 2.25. The van der Waals surface area contributed by atoms with Gasteiger partial charge in [-0.1, -0.05) is 0 Å². The van der Waals surface area contributed by atoms with Crippen molar-refractivity contribution in [1.82, 2.24) is 14.9 Å². The third-order valence-corrected chi connectivity index (χ3v) is 5.54. The molecule has 6 heteroatoms. The number of aromatic nitrogens is 2. The highest BCUT2D eigenvalue weighted by Gasteiger charge is 2.41. The lowest BCUT2D eigenvalue weighted by atomic mass is 9.79. The van der Waals surface area contributed by atoms with Crippen molar-refractivity contribution in [2.24, 2.45) is 5.41 Å². The van der Waals surface area contributed by atoms with Crippen LogP contribution in [0.25, 0.3) is 0 Å². The van der Waals surface area contributed by atoms with Gasteiger partial charge in [-0.05, 0) is 38.9 Å². The summed E-state index contributed by atoms with van der Waals surface area (Å²) in [5, 5.41) is 0. The molecule has 1 aromatic rings. The van der Waals surface area contributed by atoms with Crippen LogP contribution >= 0.6 is 0 Å². The van der Waals surface area contributed by atoms with Crippen LogP contribution in [0.1, 0.15) is 19.3 Å². The summed E-state index contributed by atoms with van der Waals surface area (Å²) < 4.78 is 5.42. The number of ether oxygens (including phenoxy) is 1. The van der Waals surface area contributed by atoms with Gasteiger partial charge < -0.3 is 19.4 Å². The summed E-state index contributed by atoms with van der Waals surface area (Å²) in [6.45, 7) is 8.04. The highest BCUT2D eigenvalue weighted by Crippen LogP contribution is 2.39. The second-order valence-electron chi connectivity index (χ2n) is 7.33. The molecule has 0 bridgehead atoms. The van der Waals surface area contributed by atoms with Crippen molar-refractivity contribution in [3.8, 4) is 0 Å². The van der Waals surface area contributed by atoms with Gasteiger partial charge in [0.1, 0.15) is 5.82 Å². The van der Waals surface area contributed by atoms with Crippen molar-refractivity contribution in [3.63, 3.8) is 0 Å². The Labute approximate surface area is 138 Å². The van der Waals surface area contributed by atoms with E-state index in [4.69, 9.17) is 9.72 Å². The van der Waals surface area contributed by atoms with Crippen LogP contribution < -0.4 is 9.80 Å². The van der Waals surface area contributed by atoms with Crippen molar-refractivity contribution < 1.29 is 4.74 Å². The lowest BCUT2D eigenvalue weighted by Gasteiger charge is -2.38. The first kappa shape index (κ1) is 15.1. The van der Waals surface area contributed by atoms with E-state index in [9.17, 15) is 0 Å². The Hall–Kier alpha value is -1.40. The van der Waals surface area contributed by atoms with Gasteiger partial charge in [0.2, 0.25) is 5.95 Å². The molecule has 0 N–H and O–H groups in total. The highest BCUT2D eigenvalue weighted by molar-refractivity contribution is 5.45. The SMILES string of the molecule is CN1CCCC2(CCN(c3ccnc(N4CCOCC4)n3)C2)C1. The highest BCUT2D eigenvalue weighted by atomic mass is 16.5. The lowest BCUT2D eigenvalue weighted by molar-refractivity contribution is 0.122. The van der Waals surface area contributed by atoms with Gasteiger partial charge in [0.05, 0.1) is 13.2 Å². The molecule has 1 spiro atoms. The first-order valence-corrected chi connectivity index (χ1v) is 8.83. The third kappa shape index (κ3) is 3.15. The molecule has 3 saturated heterocycles. The lowest BCUT2D eigenvalue weighted by Crippen LogP contribution is -2.43. The van der Waals surface area contributed by atoms with E-state index < -0.39 is 0 Å². The first-order valence-electron chi connectivity index (χ1n) is 8.83. The predicted molar refractivity (Wildman–Crippen MR) is 91.1 cm³/mol. The van der Waals surface area contributed by atoms with Gasteiger partial charge in [-0.3, -0.25) is 0 Å². The van der Waals surface area contributed by atoms with Crippen LogP contribution in [-0.2, 0) is 4.74 Å². The monoisotopic (exact) mass is 317 g/mol. The molecule has 3 aliphatic heterocycles. The normalized spacial score (nSPS) is 29.4. The van der Waals surface area contributed by atoms with Crippen molar-refractivity contribution >= 4 is 11.8 Å². The second kappa shape index (κ2) is 6.24. The maximum absolute atomic E-state index is 5.42. The standard InChI is InChI=1S/C17H27N5O/c1-20-7-2-4-17(13-20)5-8-22(14-17)15-3-6-18-16(19-15)21-9-11-23-12-10-21/h3,6H,2,4-5,7-14H2,1H3. The maximum atomic E-state index is 5.42. The molecule has 126 valence electrons. The third-order valence-electron chi connectivity index (χ3n) is 5.54. The Kier molecular flexibility index (Phi) is 4.11. The van der Waals surface area contributed by atoms with Crippen molar-refractivity contribution in [3.05, 3.63) is 12.3 Å². The fourth-order valence-corrected chi connectivity index (χ4v) is 4.35. The fraction of sp³-hybridized carbons (Fsp3) is 0.765. The molecule has 0 aliphatic carbocycles. The van der Waals surface area contributed by atoms with E-state index in [1.54, 1.807) is 0 Å². The Morgan fingerprint density at radius 1 is 1.04 bits per heavy atom. The Morgan fingerprint density at radius 3 is 2.74 bits per heavy atom. The molecule has 3 aliphatic rings. The van der Waals surface area contributed by atoms with Gasteiger partial charge in [-0.25, -0.2) is 4.98 Å². The minimum Gasteiger partial charge on any atom is -0.378 e. The van der Waals surface area contributed by atoms with Crippen LogP contribution in [0.4, 0.5) is 11.8 Å². The number of piperidine rings is 1. The predicted octanol–water partition coefficient (Wildman–Crippen LogP) is 1.24. The van der Waals surface area contributed by atoms with E-state index in [-0.39, 0.29) is 0 Å². The summed E-state index contributed by atoms with van der Waals surface area (Å²) in [4.78, 5) is 16.5. The van der Waals surface area contributed by atoms with Gasteiger partial charge >= 0.3 is 0 Å². The number of likely N-dealkylation sites (tertiary alicyclic amines) is 1. The molecule has 0 radical (unpaired) electrons. The minimum atomic E-state index is 0.469. The van der Waals surface area contributed by atoms with E-state index in [0.717, 1.165) is 51.2 Å². The van der Waals surface area contributed by atoms with E-state index in [0.29, 0.717) is 5.41 Å². The van der Waals surface area contributed by atoms with Gasteiger partial charge in [0.25, 0.3) is 0 Å². The van der Waals surface area contributed by atoms with Crippen LogP contribution in [0.3, 0.4) is 0 Å². The van der Waals surface area contributed by atoms with E-state index in [1.165, 1.54) is 32.4 Å². The average molecular weight is 317 g/mol. The number of nitrogens with zero attached hydrogens (tertiary/aromatic N) is 5. The molecule has 0 saturated carbocycles. The molecule has 6 nitrogen and oxygen atoms in total. The Balaban J connectivity index is 1.48. The number of morpholine rings is 1. The molecule has 0 amide bonds. The summed E-state index contributed by atoms with van der Waals surface area (Å²) in [6.07, 6.45) is 5.88. The number of rotatable bonds is 2. The van der Waals surface area contributed by atoms with Crippen LogP contribution in [0.15, 0.2) is 12.3 Å². The average Bonchev–Trinajstić information content (AvgIpc) is 2.99. The van der Waals surface area contributed by atoms with Crippen LogP contribution in [0.2, 0.25) is 0 Å². The molecule has 1 aromatic heterocycles. The van der Waals surface area contributed by atoms with Crippen LogP contribution in [-0.4, -0.2) is 74.4 Å². The molecular weight excluding hydrogens is 290 g/mol. The zero-order valence-electron chi connectivity index (χ0n) is 14.1. The van der Waals surface area contributed by atoms with E-state index in [1.807, 2.05) is 6.20 Å². The van der Waals surface area contributed by atoms with Crippen LogP contribution in [0.5, 0.6) is 0 Å². The zero-order valence-corrected chi connectivity index (χ0v) is 14.1. The van der Waals surface area contributed by atoms with Gasteiger partial charge in [0.15, 0.2) is 0 Å². The number of hydrogen-bond donors (Lipinski definition) is 0. The smallest absolute Gasteiger partial charge is 0.227 e. The molecule has 4 rings (SSSR count). The van der Waals surface area contributed by atoms with Gasteiger partial charge in [-0.15, -0.1) is 0 Å². The second-order valence-corrected chi connectivity index (χ2v) is 7.33. The zero-order chi connectivity index (χ0) is 15.7. The molecular formula is C17H27N5O. The fourth-order valence-electron chi connectivity index (χ4n) is 4.35. The number of anilines is 2. The van der Waals surface area contributed by atoms with Crippen molar-refractivity contribution in [2.75, 3.05) is 69.3 Å². The molecule has 23 heavy (non-hydrogen) atoms. The topological polar surface area (TPSA) is 44.7 Å². The Morgan fingerprint density at radius 2 is 1.91 bits per heavy atom. The van der Waals surface area contributed by atoms with Crippen LogP contribution in [0, 0.1) is 5.41 Å².